The number of ether oxygens (including phenoxy) is 1. The van der Waals surface area contributed by atoms with Crippen LogP contribution in [0.25, 0.3) is 0 Å². The van der Waals surface area contributed by atoms with Crippen molar-refractivity contribution in [2.24, 2.45) is 0 Å². The SMILES string of the molecule is CCCCC/C=C\C/C=C\CCCCCCCCCC(=O)OC(CCCCC/C=C/C=C/C=C/CCCCCCC)CC(=O)NC(CO)C(O)CCCCCCCCCCC. The number of esters is 1. The quantitative estimate of drug-likeness (QED) is 0.0245. The number of aliphatic hydroxyl groups excluding tert-OH is 2. The van der Waals surface area contributed by atoms with Gasteiger partial charge in [-0.1, -0.05) is 216 Å². The predicted molar refractivity (Wildman–Crippen MR) is 264 cm³/mol. The Kier molecular flexibility index (Phi) is 46.6. The van der Waals surface area contributed by atoms with Crippen LogP contribution in [0.15, 0.2) is 60.8 Å². The van der Waals surface area contributed by atoms with Crippen molar-refractivity contribution in [3.8, 4) is 0 Å². The van der Waals surface area contributed by atoms with Crippen LogP contribution in [0.5, 0.6) is 0 Å². The van der Waals surface area contributed by atoms with Crippen LogP contribution in [0.3, 0.4) is 0 Å². The topological polar surface area (TPSA) is 95.9 Å². The minimum atomic E-state index is -0.798. The average molecular weight is 854 g/mol. The van der Waals surface area contributed by atoms with Crippen molar-refractivity contribution in [1.29, 1.82) is 0 Å². The molecule has 3 unspecified atom stereocenters. The number of carbonyl (C=O) groups is 2. The van der Waals surface area contributed by atoms with E-state index in [1.54, 1.807) is 0 Å². The van der Waals surface area contributed by atoms with Crippen molar-refractivity contribution in [1.82, 2.24) is 5.32 Å². The smallest absolute Gasteiger partial charge is 0.306 e. The molecule has 0 saturated heterocycles. The van der Waals surface area contributed by atoms with Gasteiger partial charge in [-0.25, -0.2) is 0 Å². The second-order valence-corrected chi connectivity index (χ2v) is 17.6. The molecule has 61 heavy (non-hydrogen) atoms. The summed E-state index contributed by atoms with van der Waals surface area (Å²) in [5.74, 6) is -0.516. The van der Waals surface area contributed by atoms with Gasteiger partial charge in [0.2, 0.25) is 5.91 Å². The molecule has 6 nitrogen and oxygen atoms in total. The van der Waals surface area contributed by atoms with E-state index in [0.29, 0.717) is 19.3 Å². The van der Waals surface area contributed by atoms with E-state index in [9.17, 15) is 19.8 Å². The third kappa shape index (κ3) is 44.0. The first kappa shape index (κ1) is 58.6. The fourth-order valence-corrected chi connectivity index (χ4v) is 7.64. The van der Waals surface area contributed by atoms with Gasteiger partial charge in [0, 0.05) is 6.42 Å². The highest BCUT2D eigenvalue weighted by Gasteiger charge is 2.24. The molecule has 3 atom stereocenters. The van der Waals surface area contributed by atoms with Crippen molar-refractivity contribution in [3.63, 3.8) is 0 Å². The van der Waals surface area contributed by atoms with Gasteiger partial charge >= 0.3 is 5.97 Å². The van der Waals surface area contributed by atoms with Crippen LogP contribution in [-0.2, 0) is 14.3 Å². The molecule has 0 radical (unpaired) electrons. The second kappa shape index (κ2) is 48.6. The highest BCUT2D eigenvalue weighted by Crippen LogP contribution is 2.17. The van der Waals surface area contributed by atoms with Gasteiger partial charge in [-0.15, -0.1) is 0 Å². The van der Waals surface area contributed by atoms with E-state index in [4.69, 9.17) is 4.74 Å². The van der Waals surface area contributed by atoms with Gasteiger partial charge in [-0.05, 0) is 83.5 Å². The number of hydrogen-bond acceptors (Lipinski definition) is 5. The van der Waals surface area contributed by atoms with E-state index >= 15 is 0 Å². The first-order chi connectivity index (χ1) is 30.0. The molecule has 6 heteroatoms. The summed E-state index contributed by atoms with van der Waals surface area (Å²) in [5, 5.41) is 23.7. The van der Waals surface area contributed by atoms with Crippen LogP contribution in [0.1, 0.15) is 252 Å². The number of hydrogen-bond donors (Lipinski definition) is 3. The molecule has 0 heterocycles. The molecule has 0 rings (SSSR count). The number of aliphatic hydroxyl groups is 2. The van der Waals surface area contributed by atoms with Gasteiger partial charge in [0.05, 0.1) is 25.2 Å². The summed E-state index contributed by atoms with van der Waals surface area (Å²) in [7, 11) is 0. The molecule has 0 aliphatic rings. The Labute approximate surface area is 378 Å². The summed E-state index contributed by atoms with van der Waals surface area (Å²) in [5.41, 5.74) is 0. The van der Waals surface area contributed by atoms with Gasteiger partial charge in [-0.2, -0.15) is 0 Å². The van der Waals surface area contributed by atoms with Crippen LogP contribution in [-0.4, -0.2) is 46.9 Å². The standard InChI is InChI=1S/C55H99NO5/c1-4-7-10-13-16-19-21-23-25-27-29-31-33-36-39-42-45-48-55(60)61-51(46-43-40-37-35-32-30-28-26-24-22-20-17-14-11-8-5-2)49-54(59)56-52(50-57)53(58)47-44-41-38-34-18-15-12-9-6-3/h16,19,22-26,28,30,32,51-53,57-58H,4-15,17-18,20-21,27,29,31,33-50H2,1-3H3,(H,56,59)/b19-16-,24-22+,25-23-,28-26+,32-30+. The molecule has 0 bridgehead atoms. The maximum absolute atomic E-state index is 13.2. The van der Waals surface area contributed by atoms with Gasteiger partial charge in [-0.3, -0.25) is 9.59 Å². The van der Waals surface area contributed by atoms with Gasteiger partial charge in [0.25, 0.3) is 0 Å². The van der Waals surface area contributed by atoms with Crippen LogP contribution < -0.4 is 5.32 Å². The van der Waals surface area contributed by atoms with E-state index in [2.05, 4.69) is 86.8 Å². The number of rotatable bonds is 46. The Hall–Kier alpha value is -2.44. The molecule has 0 fully saturated rings. The minimum absolute atomic E-state index is 0.0505. The van der Waals surface area contributed by atoms with Crippen molar-refractivity contribution in [2.75, 3.05) is 6.61 Å². The monoisotopic (exact) mass is 854 g/mol. The molecule has 0 spiro atoms. The first-order valence-corrected chi connectivity index (χ1v) is 26.0. The molecule has 0 aliphatic heterocycles. The Morgan fingerprint density at radius 1 is 0.492 bits per heavy atom. The molecule has 3 N–H and O–H groups in total. The zero-order valence-electron chi connectivity index (χ0n) is 40.3. The lowest BCUT2D eigenvalue weighted by atomic mass is 10.0. The predicted octanol–water partition coefficient (Wildman–Crippen LogP) is 15.6. The van der Waals surface area contributed by atoms with Crippen LogP contribution in [0, 0.1) is 0 Å². The molecule has 0 aromatic rings. The van der Waals surface area contributed by atoms with Gasteiger partial charge in [0.1, 0.15) is 6.10 Å². The number of unbranched alkanes of at least 4 members (excludes halogenated alkanes) is 26. The first-order valence-electron chi connectivity index (χ1n) is 26.0. The highest BCUT2D eigenvalue weighted by molar-refractivity contribution is 5.77. The zero-order valence-corrected chi connectivity index (χ0v) is 40.3. The van der Waals surface area contributed by atoms with Gasteiger partial charge < -0.3 is 20.3 Å². The van der Waals surface area contributed by atoms with E-state index < -0.39 is 18.2 Å². The molecule has 0 aromatic carbocycles. The summed E-state index contributed by atoms with van der Waals surface area (Å²) >= 11 is 0. The maximum atomic E-state index is 13.2. The molecule has 1 amide bonds. The summed E-state index contributed by atoms with van der Waals surface area (Å²) in [6.07, 6.45) is 59.9. The fourth-order valence-electron chi connectivity index (χ4n) is 7.64. The maximum Gasteiger partial charge on any atom is 0.306 e. The van der Waals surface area contributed by atoms with Crippen molar-refractivity contribution in [3.05, 3.63) is 60.8 Å². The summed E-state index contributed by atoms with van der Waals surface area (Å²) in [6.45, 7) is 6.41. The Balaban J connectivity index is 4.65. The molecule has 0 aliphatic carbocycles. The number of nitrogens with one attached hydrogen (secondary N) is 1. The normalized spacial score (nSPS) is 13.7. The molecular weight excluding hydrogens is 755 g/mol. The summed E-state index contributed by atoms with van der Waals surface area (Å²) < 4.78 is 5.92. The van der Waals surface area contributed by atoms with E-state index in [-0.39, 0.29) is 24.9 Å². The largest absolute Gasteiger partial charge is 0.462 e. The molecule has 0 aromatic heterocycles. The Morgan fingerprint density at radius 2 is 0.902 bits per heavy atom. The Bertz CT molecular complexity index is 1090. The lowest BCUT2D eigenvalue weighted by Crippen LogP contribution is -2.46. The van der Waals surface area contributed by atoms with Crippen LogP contribution in [0.2, 0.25) is 0 Å². The molecule has 0 saturated carbocycles. The fraction of sp³-hybridized carbons (Fsp3) is 0.782. The van der Waals surface area contributed by atoms with Crippen molar-refractivity contribution < 1.29 is 24.5 Å². The van der Waals surface area contributed by atoms with Gasteiger partial charge in [0.15, 0.2) is 0 Å². The van der Waals surface area contributed by atoms with Crippen molar-refractivity contribution >= 4 is 11.9 Å². The number of carbonyl (C=O) groups excluding carboxylic acids is 2. The third-order valence-electron chi connectivity index (χ3n) is 11.6. The Morgan fingerprint density at radius 3 is 1.43 bits per heavy atom. The zero-order chi connectivity index (χ0) is 44.5. The van der Waals surface area contributed by atoms with E-state index in [1.165, 1.54) is 122 Å². The number of amides is 1. The lowest BCUT2D eigenvalue weighted by Gasteiger charge is -2.24. The van der Waals surface area contributed by atoms with Crippen LogP contribution in [0.4, 0.5) is 0 Å². The highest BCUT2D eigenvalue weighted by atomic mass is 16.5. The molecule has 354 valence electrons. The third-order valence-corrected chi connectivity index (χ3v) is 11.6. The van der Waals surface area contributed by atoms with E-state index in [0.717, 1.165) is 83.5 Å². The summed E-state index contributed by atoms with van der Waals surface area (Å²) in [4.78, 5) is 26.1. The lowest BCUT2D eigenvalue weighted by molar-refractivity contribution is -0.151. The second-order valence-electron chi connectivity index (χ2n) is 17.6. The molecular formula is C55H99NO5. The summed E-state index contributed by atoms with van der Waals surface area (Å²) in [6, 6.07) is -0.714. The average Bonchev–Trinajstić information content (AvgIpc) is 3.25. The van der Waals surface area contributed by atoms with E-state index in [1.807, 2.05) is 0 Å². The minimum Gasteiger partial charge on any atom is -0.462 e. The number of allylic oxidation sites excluding steroid dienone is 10. The van der Waals surface area contributed by atoms with Crippen molar-refractivity contribution in [2.45, 2.75) is 270 Å². The van der Waals surface area contributed by atoms with Crippen LogP contribution >= 0.6 is 0 Å².